The van der Waals surface area contributed by atoms with Crippen molar-refractivity contribution in [3.63, 3.8) is 0 Å². The molecule has 2 aromatic rings. The van der Waals surface area contributed by atoms with Gasteiger partial charge in [0.05, 0.1) is 0 Å². The lowest BCUT2D eigenvalue weighted by Crippen LogP contribution is -2.47. The summed E-state index contributed by atoms with van der Waals surface area (Å²) in [5.74, 6) is 0.929. The van der Waals surface area contributed by atoms with Crippen molar-refractivity contribution in [1.29, 1.82) is 0 Å². The van der Waals surface area contributed by atoms with Crippen molar-refractivity contribution < 1.29 is 0 Å². The van der Waals surface area contributed by atoms with Crippen LogP contribution in [0.2, 0.25) is 0 Å². The van der Waals surface area contributed by atoms with Crippen LogP contribution in [0.5, 0.6) is 0 Å². The standard InChI is InChI=1S/C14H18N4/c1-17-6-8-18(9-7-17)16-14-10-12-4-2-3-5-13(12)11-15-14/h2-5,10-11H,6-9H2,1H3,(H,15,16). The second-order valence-corrected chi connectivity index (χ2v) is 4.82. The number of hydrogen-bond acceptors (Lipinski definition) is 4. The lowest BCUT2D eigenvalue weighted by Gasteiger charge is -2.32. The van der Waals surface area contributed by atoms with E-state index in [9.17, 15) is 0 Å². The fourth-order valence-electron chi connectivity index (χ4n) is 2.22. The number of hydrazine groups is 1. The van der Waals surface area contributed by atoms with Crippen LogP contribution in [-0.2, 0) is 0 Å². The van der Waals surface area contributed by atoms with E-state index >= 15 is 0 Å². The Kier molecular flexibility index (Phi) is 3.13. The van der Waals surface area contributed by atoms with Crippen molar-refractivity contribution in [2.24, 2.45) is 0 Å². The minimum absolute atomic E-state index is 0.929. The quantitative estimate of drug-likeness (QED) is 0.870. The third-order valence-corrected chi connectivity index (χ3v) is 3.41. The first-order valence-electron chi connectivity index (χ1n) is 6.36. The summed E-state index contributed by atoms with van der Waals surface area (Å²) < 4.78 is 0. The Balaban J connectivity index is 1.74. The molecule has 0 radical (unpaired) electrons. The molecule has 0 unspecified atom stereocenters. The van der Waals surface area contributed by atoms with E-state index in [4.69, 9.17) is 0 Å². The van der Waals surface area contributed by atoms with Gasteiger partial charge in [-0.05, 0) is 18.5 Å². The molecule has 4 nitrogen and oxygen atoms in total. The number of likely N-dealkylation sites (N-methyl/N-ethyl adjacent to an activating group) is 1. The van der Waals surface area contributed by atoms with Crippen LogP contribution in [0.4, 0.5) is 5.82 Å². The van der Waals surface area contributed by atoms with Gasteiger partial charge in [0, 0.05) is 37.8 Å². The molecule has 1 aliphatic rings. The first-order valence-corrected chi connectivity index (χ1v) is 6.36. The molecule has 2 heterocycles. The Labute approximate surface area is 107 Å². The smallest absolute Gasteiger partial charge is 0.140 e. The van der Waals surface area contributed by atoms with Crippen molar-refractivity contribution in [2.45, 2.75) is 0 Å². The topological polar surface area (TPSA) is 31.4 Å². The first-order chi connectivity index (χ1) is 8.81. The van der Waals surface area contributed by atoms with Crippen molar-refractivity contribution in [2.75, 3.05) is 38.7 Å². The maximum absolute atomic E-state index is 4.45. The molecule has 1 N–H and O–H groups in total. The lowest BCUT2D eigenvalue weighted by molar-refractivity contribution is 0.178. The van der Waals surface area contributed by atoms with Gasteiger partial charge < -0.3 is 10.3 Å². The van der Waals surface area contributed by atoms with Crippen LogP contribution in [-0.4, -0.2) is 48.1 Å². The highest BCUT2D eigenvalue weighted by atomic mass is 15.5. The van der Waals surface area contributed by atoms with Crippen LogP contribution in [0.3, 0.4) is 0 Å². The van der Waals surface area contributed by atoms with Crippen LogP contribution >= 0.6 is 0 Å². The highest BCUT2D eigenvalue weighted by molar-refractivity contribution is 5.83. The van der Waals surface area contributed by atoms with Gasteiger partial charge in [0.25, 0.3) is 0 Å². The van der Waals surface area contributed by atoms with Crippen LogP contribution in [0.1, 0.15) is 0 Å². The molecule has 0 amide bonds. The maximum Gasteiger partial charge on any atom is 0.140 e. The molecule has 94 valence electrons. The van der Waals surface area contributed by atoms with Crippen LogP contribution in [0.25, 0.3) is 10.8 Å². The second-order valence-electron chi connectivity index (χ2n) is 4.82. The molecule has 0 bridgehead atoms. The number of nitrogens with zero attached hydrogens (tertiary/aromatic N) is 3. The van der Waals surface area contributed by atoms with E-state index in [2.05, 4.69) is 51.6 Å². The minimum Gasteiger partial charge on any atom is -0.304 e. The zero-order chi connectivity index (χ0) is 12.4. The summed E-state index contributed by atoms with van der Waals surface area (Å²) in [4.78, 5) is 6.79. The molecule has 1 fully saturated rings. The van der Waals surface area contributed by atoms with E-state index in [1.54, 1.807) is 0 Å². The number of benzene rings is 1. The van der Waals surface area contributed by atoms with E-state index in [1.165, 1.54) is 10.8 Å². The largest absolute Gasteiger partial charge is 0.304 e. The van der Waals surface area contributed by atoms with Crippen LogP contribution < -0.4 is 5.43 Å². The summed E-state index contributed by atoms with van der Waals surface area (Å²) in [5, 5.41) is 4.64. The Morgan fingerprint density at radius 3 is 2.56 bits per heavy atom. The minimum atomic E-state index is 0.929. The van der Waals surface area contributed by atoms with Crippen molar-refractivity contribution in [3.05, 3.63) is 36.5 Å². The van der Waals surface area contributed by atoms with Gasteiger partial charge in [0.2, 0.25) is 0 Å². The Hall–Kier alpha value is -1.65. The average Bonchev–Trinajstić information content (AvgIpc) is 2.41. The zero-order valence-corrected chi connectivity index (χ0v) is 10.6. The molecular formula is C14H18N4. The molecular weight excluding hydrogens is 224 g/mol. The van der Waals surface area contributed by atoms with Crippen molar-refractivity contribution >= 4 is 16.6 Å². The SMILES string of the molecule is CN1CCN(Nc2cc3ccccc3cn2)CC1. The van der Waals surface area contributed by atoms with Gasteiger partial charge in [-0.3, -0.25) is 0 Å². The molecule has 3 rings (SSSR count). The fraction of sp³-hybridized carbons (Fsp3) is 0.357. The van der Waals surface area contributed by atoms with E-state index < -0.39 is 0 Å². The molecule has 4 heteroatoms. The van der Waals surface area contributed by atoms with Gasteiger partial charge in [0.1, 0.15) is 5.82 Å². The number of fused-ring (bicyclic) bond motifs is 1. The Morgan fingerprint density at radius 2 is 1.78 bits per heavy atom. The van der Waals surface area contributed by atoms with Gasteiger partial charge in [-0.2, -0.15) is 0 Å². The summed E-state index contributed by atoms with van der Waals surface area (Å²) in [6.45, 7) is 4.26. The van der Waals surface area contributed by atoms with Gasteiger partial charge in [-0.15, -0.1) is 0 Å². The maximum atomic E-state index is 4.45. The molecule has 18 heavy (non-hydrogen) atoms. The third kappa shape index (κ3) is 2.44. The number of piperazine rings is 1. The number of hydrogen-bond donors (Lipinski definition) is 1. The summed E-state index contributed by atoms with van der Waals surface area (Å²) in [7, 11) is 2.16. The molecule has 1 aromatic heterocycles. The normalized spacial score (nSPS) is 18.1. The second kappa shape index (κ2) is 4.92. The number of aromatic nitrogens is 1. The van der Waals surface area contributed by atoms with Crippen molar-refractivity contribution in [1.82, 2.24) is 14.9 Å². The highest BCUT2D eigenvalue weighted by Crippen LogP contribution is 2.16. The lowest BCUT2D eigenvalue weighted by atomic mass is 10.2. The molecule has 0 atom stereocenters. The average molecular weight is 242 g/mol. The Morgan fingerprint density at radius 1 is 1.06 bits per heavy atom. The summed E-state index contributed by atoms with van der Waals surface area (Å²) in [5.41, 5.74) is 3.39. The predicted molar refractivity (Wildman–Crippen MR) is 74.4 cm³/mol. The molecule has 0 spiro atoms. The molecule has 0 saturated carbocycles. The van der Waals surface area contributed by atoms with E-state index in [1.807, 2.05) is 12.3 Å². The highest BCUT2D eigenvalue weighted by Gasteiger charge is 2.13. The number of rotatable bonds is 2. The monoisotopic (exact) mass is 242 g/mol. The van der Waals surface area contributed by atoms with Crippen molar-refractivity contribution in [3.8, 4) is 0 Å². The van der Waals surface area contributed by atoms with Crippen LogP contribution in [0.15, 0.2) is 36.5 Å². The number of anilines is 1. The Bertz CT molecular complexity index is 532. The van der Waals surface area contributed by atoms with Crippen LogP contribution in [0, 0.1) is 0 Å². The first kappa shape index (κ1) is 11.4. The number of nitrogens with one attached hydrogen (secondary N) is 1. The van der Waals surface area contributed by atoms with Gasteiger partial charge in [0.15, 0.2) is 0 Å². The molecule has 0 aliphatic carbocycles. The molecule has 1 saturated heterocycles. The van der Waals surface area contributed by atoms with E-state index in [-0.39, 0.29) is 0 Å². The fourth-order valence-corrected chi connectivity index (χ4v) is 2.22. The summed E-state index contributed by atoms with van der Waals surface area (Å²) >= 11 is 0. The zero-order valence-electron chi connectivity index (χ0n) is 10.6. The predicted octanol–water partition coefficient (Wildman–Crippen LogP) is 1.81. The van der Waals surface area contributed by atoms with E-state index in [0.717, 1.165) is 32.0 Å². The number of pyridine rings is 1. The van der Waals surface area contributed by atoms with Gasteiger partial charge >= 0.3 is 0 Å². The molecule has 1 aromatic carbocycles. The van der Waals surface area contributed by atoms with E-state index in [0.29, 0.717) is 0 Å². The summed E-state index contributed by atoms with van der Waals surface area (Å²) in [6.07, 6.45) is 1.92. The summed E-state index contributed by atoms with van der Waals surface area (Å²) in [6, 6.07) is 10.4. The third-order valence-electron chi connectivity index (χ3n) is 3.41. The van der Waals surface area contributed by atoms with Gasteiger partial charge in [-0.25, -0.2) is 9.99 Å². The molecule has 1 aliphatic heterocycles. The van der Waals surface area contributed by atoms with Gasteiger partial charge in [-0.1, -0.05) is 24.3 Å².